The fraction of sp³-hybridized carbons (Fsp3) is 0.176. The largest absolute Gasteiger partial charge is 0.379 e. The van der Waals surface area contributed by atoms with Crippen LogP contribution >= 0.6 is 15.9 Å². The van der Waals surface area contributed by atoms with E-state index in [1.165, 1.54) is 11.1 Å². The minimum absolute atomic E-state index is 0.793. The van der Waals surface area contributed by atoms with Crippen LogP contribution in [0.5, 0.6) is 0 Å². The summed E-state index contributed by atoms with van der Waals surface area (Å²) in [6, 6.07) is 12.5. The molecule has 3 nitrogen and oxygen atoms in total. The normalized spacial score (nSPS) is 10.8. The Morgan fingerprint density at radius 3 is 2.71 bits per heavy atom. The molecule has 3 rings (SSSR count). The Balaban J connectivity index is 1.88. The lowest BCUT2D eigenvalue weighted by Crippen LogP contribution is -2.03. The molecule has 0 unspecified atom stereocenters. The summed E-state index contributed by atoms with van der Waals surface area (Å²) in [5, 5.41) is 3.48. The van der Waals surface area contributed by atoms with Crippen molar-refractivity contribution >= 4 is 32.7 Å². The number of aromatic nitrogens is 2. The van der Waals surface area contributed by atoms with Gasteiger partial charge in [-0.25, -0.2) is 0 Å². The average molecular weight is 342 g/mol. The second-order valence-electron chi connectivity index (χ2n) is 4.86. The SMILES string of the molecule is CCc1ccccc1CNc1ccnc2cc(Br)cnc12. The maximum Gasteiger partial charge on any atom is 0.112 e. The average Bonchev–Trinajstić information content (AvgIpc) is 2.52. The van der Waals surface area contributed by atoms with Crippen LogP contribution in [0.25, 0.3) is 11.0 Å². The summed E-state index contributed by atoms with van der Waals surface area (Å²) in [6.07, 6.45) is 4.65. The van der Waals surface area contributed by atoms with E-state index in [0.29, 0.717) is 0 Å². The Labute approximate surface area is 132 Å². The van der Waals surface area contributed by atoms with Gasteiger partial charge in [0.2, 0.25) is 0 Å². The molecule has 0 saturated carbocycles. The maximum absolute atomic E-state index is 4.46. The number of halogens is 1. The van der Waals surface area contributed by atoms with Crippen molar-refractivity contribution in [1.82, 2.24) is 9.97 Å². The van der Waals surface area contributed by atoms with Gasteiger partial charge in [-0.2, -0.15) is 0 Å². The lowest BCUT2D eigenvalue weighted by molar-refractivity contribution is 1.04. The lowest BCUT2D eigenvalue weighted by Gasteiger charge is -2.11. The van der Waals surface area contributed by atoms with Crippen LogP contribution in [-0.2, 0) is 13.0 Å². The molecule has 2 aromatic heterocycles. The monoisotopic (exact) mass is 341 g/mol. The van der Waals surface area contributed by atoms with Crippen molar-refractivity contribution in [3.63, 3.8) is 0 Å². The highest BCUT2D eigenvalue weighted by atomic mass is 79.9. The molecular formula is C17H16BrN3. The predicted octanol–water partition coefficient (Wildman–Crippen LogP) is 4.57. The van der Waals surface area contributed by atoms with Crippen LogP contribution in [0.1, 0.15) is 18.1 Å². The van der Waals surface area contributed by atoms with Crippen LogP contribution in [0.3, 0.4) is 0 Å². The fourth-order valence-electron chi connectivity index (χ4n) is 2.41. The van der Waals surface area contributed by atoms with Gasteiger partial charge in [-0.3, -0.25) is 9.97 Å². The van der Waals surface area contributed by atoms with Crippen molar-refractivity contribution in [3.8, 4) is 0 Å². The van der Waals surface area contributed by atoms with Crippen LogP contribution < -0.4 is 5.32 Å². The summed E-state index contributed by atoms with van der Waals surface area (Å²) in [7, 11) is 0. The third-order valence-corrected chi connectivity index (χ3v) is 3.95. The van der Waals surface area contributed by atoms with E-state index in [-0.39, 0.29) is 0 Å². The molecule has 0 spiro atoms. The quantitative estimate of drug-likeness (QED) is 0.755. The van der Waals surface area contributed by atoms with Crippen molar-refractivity contribution < 1.29 is 0 Å². The zero-order chi connectivity index (χ0) is 14.7. The third kappa shape index (κ3) is 3.05. The summed E-state index contributed by atoms with van der Waals surface area (Å²) in [5.41, 5.74) is 5.49. The Morgan fingerprint density at radius 2 is 1.90 bits per heavy atom. The van der Waals surface area contributed by atoms with Gasteiger partial charge in [-0.05, 0) is 45.6 Å². The van der Waals surface area contributed by atoms with Crippen molar-refractivity contribution in [2.24, 2.45) is 0 Å². The summed E-state index contributed by atoms with van der Waals surface area (Å²) in [5.74, 6) is 0. The van der Waals surface area contributed by atoms with Crippen LogP contribution in [-0.4, -0.2) is 9.97 Å². The predicted molar refractivity (Wildman–Crippen MR) is 90.4 cm³/mol. The van der Waals surface area contributed by atoms with Crippen LogP contribution in [0.4, 0.5) is 5.69 Å². The Hall–Kier alpha value is -1.94. The number of pyridine rings is 2. The molecule has 0 aliphatic heterocycles. The van der Waals surface area contributed by atoms with E-state index in [1.807, 2.05) is 18.3 Å². The van der Waals surface area contributed by atoms with E-state index in [4.69, 9.17) is 0 Å². The Morgan fingerprint density at radius 1 is 1.10 bits per heavy atom. The molecule has 0 saturated heterocycles. The summed E-state index contributed by atoms with van der Waals surface area (Å²) >= 11 is 3.43. The van der Waals surface area contributed by atoms with Gasteiger partial charge in [-0.15, -0.1) is 0 Å². The highest BCUT2D eigenvalue weighted by molar-refractivity contribution is 9.10. The molecule has 4 heteroatoms. The van der Waals surface area contributed by atoms with E-state index < -0.39 is 0 Å². The molecule has 0 bridgehead atoms. The van der Waals surface area contributed by atoms with Gasteiger partial charge in [0.05, 0.1) is 11.2 Å². The number of nitrogens with zero attached hydrogens (tertiary/aromatic N) is 2. The van der Waals surface area contributed by atoms with Gasteiger partial charge in [0.1, 0.15) is 5.52 Å². The highest BCUT2D eigenvalue weighted by Gasteiger charge is 2.05. The van der Waals surface area contributed by atoms with Gasteiger partial charge in [0.25, 0.3) is 0 Å². The highest BCUT2D eigenvalue weighted by Crippen LogP contribution is 2.23. The van der Waals surface area contributed by atoms with Gasteiger partial charge in [0.15, 0.2) is 0 Å². The summed E-state index contributed by atoms with van der Waals surface area (Å²) in [6.45, 7) is 2.97. The molecule has 0 aliphatic rings. The van der Waals surface area contributed by atoms with E-state index in [2.05, 4.69) is 62.4 Å². The van der Waals surface area contributed by atoms with E-state index in [0.717, 1.165) is 34.2 Å². The van der Waals surface area contributed by atoms with E-state index in [1.54, 1.807) is 6.20 Å². The van der Waals surface area contributed by atoms with E-state index >= 15 is 0 Å². The zero-order valence-corrected chi connectivity index (χ0v) is 13.4. The maximum atomic E-state index is 4.46. The van der Waals surface area contributed by atoms with Crippen LogP contribution in [0.15, 0.2) is 53.3 Å². The number of fused-ring (bicyclic) bond motifs is 1. The number of nitrogens with one attached hydrogen (secondary N) is 1. The standard InChI is InChI=1S/C17H16BrN3/c1-2-12-5-3-4-6-13(12)10-20-15-7-8-19-16-9-14(18)11-21-17(15)16/h3-9,11H,2,10H2,1H3,(H,19,20). The van der Waals surface area contributed by atoms with Crippen molar-refractivity contribution in [3.05, 3.63) is 64.4 Å². The molecule has 106 valence electrons. The molecular weight excluding hydrogens is 326 g/mol. The third-order valence-electron chi connectivity index (χ3n) is 3.51. The Bertz CT molecular complexity index is 771. The van der Waals surface area contributed by atoms with Gasteiger partial charge < -0.3 is 5.32 Å². The minimum Gasteiger partial charge on any atom is -0.379 e. The lowest BCUT2D eigenvalue weighted by atomic mass is 10.1. The first-order chi connectivity index (χ1) is 10.3. The molecule has 0 atom stereocenters. The first kappa shape index (κ1) is 14.0. The number of benzene rings is 1. The minimum atomic E-state index is 0.793. The smallest absolute Gasteiger partial charge is 0.112 e. The summed E-state index contributed by atoms with van der Waals surface area (Å²) in [4.78, 5) is 8.82. The van der Waals surface area contributed by atoms with Crippen LogP contribution in [0.2, 0.25) is 0 Å². The molecule has 21 heavy (non-hydrogen) atoms. The first-order valence-electron chi connectivity index (χ1n) is 6.99. The summed E-state index contributed by atoms with van der Waals surface area (Å²) < 4.78 is 0.941. The van der Waals surface area contributed by atoms with Gasteiger partial charge in [-0.1, -0.05) is 31.2 Å². The topological polar surface area (TPSA) is 37.8 Å². The van der Waals surface area contributed by atoms with E-state index in [9.17, 15) is 0 Å². The number of anilines is 1. The second kappa shape index (κ2) is 6.22. The number of rotatable bonds is 4. The molecule has 1 aromatic carbocycles. The Kier molecular flexibility index (Phi) is 4.15. The van der Waals surface area contributed by atoms with Crippen LogP contribution in [0, 0.1) is 0 Å². The molecule has 3 aromatic rings. The first-order valence-corrected chi connectivity index (χ1v) is 7.78. The second-order valence-corrected chi connectivity index (χ2v) is 5.77. The van der Waals surface area contributed by atoms with Gasteiger partial charge >= 0.3 is 0 Å². The number of aryl methyl sites for hydroxylation is 1. The number of hydrogen-bond donors (Lipinski definition) is 1. The zero-order valence-electron chi connectivity index (χ0n) is 11.8. The van der Waals surface area contributed by atoms with Crippen molar-refractivity contribution in [2.75, 3.05) is 5.32 Å². The molecule has 0 radical (unpaired) electrons. The van der Waals surface area contributed by atoms with Crippen molar-refractivity contribution in [2.45, 2.75) is 19.9 Å². The molecule has 0 fully saturated rings. The molecule has 2 heterocycles. The molecule has 0 aliphatic carbocycles. The molecule has 0 amide bonds. The number of hydrogen-bond acceptors (Lipinski definition) is 3. The van der Waals surface area contributed by atoms with Crippen molar-refractivity contribution in [1.29, 1.82) is 0 Å². The van der Waals surface area contributed by atoms with Gasteiger partial charge in [0, 0.05) is 23.4 Å². The fourth-order valence-corrected chi connectivity index (χ4v) is 2.73. The molecule has 1 N–H and O–H groups in total.